The molecule has 2 heterocycles. The number of nitrogens with one attached hydrogen (secondary N) is 1. The van der Waals surface area contributed by atoms with Crippen molar-refractivity contribution in [2.75, 3.05) is 24.6 Å². The van der Waals surface area contributed by atoms with Crippen molar-refractivity contribution in [2.45, 2.75) is 26.1 Å². The third-order valence-electron chi connectivity index (χ3n) is 4.28. The van der Waals surface area contributed by atoms with Crippen LogP contribution in [0.25, 0.3) is 0 Å². The van der Waals surface area contributed by atoms with Crippen LogP contribution in [0.1, 0.15) is 28.4 Å². The zero-order valence-electron chi connectivity index (χ0n) is 14.4. The number of anilines is 1. The average Bonchev–Trinajstić information content (AvgIpc) is 2.66. The SMILES string of the molecule is CC1CN(c2ccc(CNC(=O)c3ccc(CN)cc3)cn2)CCO1. The fraction of sp³-hybridized carbons (Fsp3) is 0.368. The molecule has 1 aromatic heterocycles. The molecular formula is C19H24N4O2. The molecule has 0 spiro atoms. The Morgan fingerprint density at radius 1 is 1.28 bits per heavy atom. The summed E-state index contributed by atoms with van der Waals surface area (Å²) < 4.78 is 5.55. The zero-order chi connectivity index (χ0) is 17.6. The standard InChI is InChI=1S/C19H24N4O2/c1-14-13-23(8-9-25-14)18-7-4-16(11-21-18)12-22-19(24)17-5-2-15(10-20)3-6-17/h2-7,11,14H,8-10,12-13,20H2,1H3,(H,22,24). The molecule has 0 saturated carbocycles. The Bertz CT molecular complexity index is 700. The van der Waals surface area contributed by atoms with Crippen LogP contribution in [0.5, 0.6) is 0 Å². The van der Waals surface area contributed by atoms with E-state index in [1.165, 1.54) is 0 Å². The van der Waals surface area contributed by atoms with Gasteiger partial charge in [0.25, 0.3) is 5.91 Å². The Balaban J connectivity index is 1.55. The maximum atomic E-state index is 12.2. The van der Waals surface area contributed by atoms with Crippen LogP contribution in [0.15, 0.2) is 42.6 Å². The van der Waals surface area contributed by atoms with E-state index >= 15 is 0 Å². The minimum atomic E-state index is -0.102. The molecule has 6 nitrogen and oxygen atoms in total. The first-order chi connectivity index (χ1) is 12.2. The molecule has 1 unspecified atom stereocenters. The lowest BCUT2D eigenvalue weighted by molar-refractivity contribution is 0.0529. The van der Waals surface area contributed by atoms with Crippen LogP contribution < -0.4 is 16.0 Å². The number of nitrogens with two attached hydrogens (primary N) is 1. The molecule has 1 aliphatic rings. The van der Waals surface area contributed by atoms with Gasteiger partial charge in [0.2, 0.25) is 0 Å². The second-order valence-electron chi connectivity index (χ2n) is 6.24. The van der Waals surface area contributed by atoms with Gasteiger partial charge in [-0.05, 0) is 36.2 Å². The minimum absolute atomic E-state index is 0.102. The van der Waals surface area contributed by atoms with E-state index in [0.29, 0.717) is 18.7 Å². The van der Waals surface area contributed by atoms with Gasteiger partial charge in [-0.3, -0.25) is 4.79 Å². The quantitative estimate of drug-likeness (QED) is 0.866. The highest BCUT2D eigenvalue weighted by Gasteiger charge is 2.17. The number of hydrogen-bond donors (Lipinski definition) is 2. The van der Waals surface area contributed by atoms with E-state index in [9.17, 15) is 4.79 Å². The molecule has 1 aliphatic heterocycles. The van der Waals surface area contributed by atoms with Crippen LogP contribution in [0.4, 0.5) is 5.82 Å². The number of nitrogens with zero attached hydrogens (tertiary/aromatic N) is 2. The topological polar surface area (TPSA) is 80.5 Å². The molecule has 1 amide bonds. The van der Waals surface area contributed by atoms with Crippen molar-refractivity contribution in [2.24, 2.45) is 5.73 Å². The summed E-state index contributed by atoms with van der Waals surface area (Å²) in [6.45, 7) is 5.42. The normalized spacial score (nSPS) is 17.4. The monoisotopic (exact) mass is 340 g/mol. The van der Waals surface area contributed by atoms with Gasteiger partial charge in [-0.1, -0.05) is 18.2 Å². The fourth-order valence-corrected chi connectivity index (χ4v) is 2.81. The highest BCUT2D eigenvalue weighted by atomic mass is 16.5. The number of rotatable bonds is 5. The van der Waals surface area contributed by atoms with Crippen LogP contribution in [0.2, 0.25) is 0 Å². The van der Waals surface area contributed by atoms with Gasteiger partial charge in [-0.25, -0.2) is 4.98 Å². The van der Waals surface area contributed by atoms with Crippen molar-refractivity contribution in [3.63, 3.8) is 0 Å². The molecule has 132 valence electrons. The molecule has 3 rings (SSSR count). The summed E-state index contributed by atoms with van der Waals surface area (Å²) in [6, 6.07) is 11.3. The third kappa shape index (κ3) is 4.55. The minimum Gasteiger partial charge on any atom is -0.375 e. The molecule has 0 bridgehead atoms. The molecule has 0 aliphatic carbocycles. The van der Waals surface area contributed by atoms with E-state index < -0.39 is 0 Å². The first-order valence-electron chi connectivity index (χ1n) is 8.54. The molecule has 0 radical (unpaired) electrons. The van der Waals surface area contributed by atoms with E-state index in [1.54, 1.807) is 12.1 Å². The number of aromatic nitrogens is 1. The lowest BCUT2D eigenvalue weighted by Gasteiger charge is -2.32. The predicted molar refractivity (Wildman–Crippen MR) is 97.4 cm³/mol. The number of amides is 1. The highest BCUT2D eigenvalue weighted by Crippen LogP contribution is 2.15. The number of hydrogen-bond acceptors (Lipinski definition) is 5. The van der Waals surface area contributed by atoms with Crippen molar-refractivity contribution in [1.29, 1.82) is 0 Å². The summed E-state index contributed by atoms with van der Waals surface area (Å²) in [5.41, 5.74) is 8.17. The van der Waals surface area contributed by atoms with Gasteiger partial charge in [0, 0.05) is 37.9 Å². The van der Waals surface area contributed by atoms with Crippen LogP contribution >= 0.6 is 0 Å². The largest absolute Gasteiger partial charge is 0.375 e. The maximum Gasteiger partial charge on any atom is 0.251 e. The number of benzene rings is 1. The van der Waals surface area contributed by atoms with E-state index in [0.717, 1.165) is 36.6 Å². The Morgan fingerprint density at radius 2 is 2.04 bits per heavy atom. The molecule has 25 heavy (non-hydrogen) atoms. The first kappa shape index (κ1) is 17.4. The molecule has 6 heteroatoms. The van der Waals surface area contributed by atoms with Gasteiger partial charge in [-0.15, -0.1) is 0 Å². The Kier molecular flexibility index (Phi) is 5.63. The van der Waals surface area contributed by atoms with Gasteiger partial charge < -0.3 is 20.7 Å². The van der Waals surface area contributed by atoms with Crippen molar-refractivity contribution in [1.82, 2.24) is 10.3 Å². The second kappa shape index (κ2) is 8.09. The number of ether oxygens (including phenoxy) is 1. The van der Waals surface area contributed by atoms with Gasteiger partial charge >= 0.3 is 0 Å². The average molecular weight is 340 g/mol. The zero-order valence-corrected chi connectivity index (χ0v) is 14.4. The van der Waals surface area contributed by atoms with Gasteiger partial charge in [0.15, 0.2) is 0 Å². The summed E-state index contributed by atoms with van der Waals surface area (Å²) in [4.78, 5) is 18.9. The van der Waals surface area contributed by atoms with Crippen molar-refractivity contribution >= 4 is 11.7 Å². The van der Waals surface area contributed by atoms with Crippen LogP contribution in [0.3, 0.4) is 0 Å². The van der Waals surface area contributed by atoms with Crippen LogP contribution in [-0.4, -0.2) is 36.7 Å². The van der Waals surface area contributed by atoms with Crippen LogP contribution in [-0.2, 0) is 17.8 Å². The summed E-state index contributed by atoms with van der Waals surface area (Å²) in [5.74, 6) is 0.845. The van der Waals surface area contributed by atoms with Crippen molar-refractivity contribution < 1.29 is 9.53 Å². The van der Waals surface area contributed by atoms with E-state index in [2.05, 4.69) is 22.1 Å². The van der Waals surface area contributed by atoms with Crippen molar-refractivity contribution in [3.05, 3.63) is 59.3 Å². The summed E-state index contributed by atoms with van der Waals surface area (Å²) in [7, 11) is 0. The summed E-state index contributed by atoms with van der Waals surface area (Å²) >= 11 is 0. The van der Waals surface area contributed by atoms with Crippen molar-refractivity contribution in [3.8, 4) is 0 Å². The highest BCUT2D eigenvalue weighted by molar-refractivity contribution is 5.94. The van der Waals surface area contributed by atoms with E-state index in [4.69, 9.17) is 10.5 Å². The predicted octanol–water partition coefficient (Wildman–Crippen LogP) is 1.70. The van der Waals surface area contributed by atoms with Crippen LogP contribution in [0, 0.1) is 0 Å². The van der Waals surface area contributed by atoms with Gasteiger partial charge in [-0.2, -0.15) is 0 Å². The maximum absolute atomic E-state index is 12.2. The molecular weight excluding hydrogens is 316 g/mol. The molecule has 3 N–H and O–H groups in total. The molecule has 2 aromatic rings. The number of carbonyl (C=O) groups is 1. The summed E-state index contributed by atoms with van der Waals surface area (Å²) in [6.07, 6.45) is 2.04. The second-order valence-corrected chi connectivity index (χ2v) is 6.24. The molecule has 1 aromatic carbocycles. The first-order valence-corrected chi connectivity index (χ1v) is 8.54. The Labute approximate surface area is 148 Å². The lowest BCUT2D eigenvalue weighted by Crippen LogP contribution is -2.41. The van der Waals surface area contributed by atoms with Gasteiger partial charge in [0.05, 0.1) is 12.7 Å². The number of morpholine rings is 1. The number of pyridine rings is 1. The Morgan fingerprint density at radius 3 is 2.68 bits per heavy atom. The van der Waals surface area contributed by atoms with E-state index in [-0.39, 0.29) is 12.0 Å². The third-order valence-corrected chi connectivity index (χ3v) is 4.28. The molecule has 1 fully saturated rings. The number of carbonyl (C=O) groups excluding carboxylic acids is 1. The Hall–Kier alpha value is -2.44. The van der Waals surface area contributed by atoms with Gasteiger partial charge in [0.1, 0.15) is 5.82 Å². The fourth-order valence-electron chi connectivity index (χ4n) is 2.81. The molecule has 1 saturated heterocycles. The smallest absolute Gasteiger partial charge is 0.251 e. The molecule has 1 atom stereocenters. The lowest BCUT2D eigenvalue weighted by atomic mass is 10.1. The van der Waals surface area contributed by atoms with E-state index in [1.807, 2.05) is 30.5 Å². The summed E-state index contributed by atoms with van der Waals surface area (Å²) in [5, 5.41) is 2.91.